The molecule has 3 heteroatoms. The molecule has 0 bridgehead atoms. The van der Waals surface area contributed by atoms with Gasteiger partial charge in [0.15, 0.2) is 0 Å². The number of unbranched alkanes of at least 4 members (excludes halogenated alkanes) is 1. The van der Waals surface area contributed by atoms with Crippen molar-refractivity contribution in [2.75, 3.05) is 19.8 Å². The van der Waals surface area contributed by atoms with Crippen LogP contribution in [0.15, 0.2) is 67.0 Å². The van der Waals surface area contributed by atoms with Crippen LogP contribution in [0.2, 0.25) is 5.02 Å². The molecule has 1 heterocycles. The van der Waals surface area contributed by atoms with Crippen molar-refractivity contribution in [1.82, 2.24) is 9.80 Å². The van der Waals surface area contributed by atoms with Crippen molar-refractivity contribution in [2.45, 2.75) is 25.7 Å². The van der Waals surface area contributed by atoms with E-state index < -0.39 is 0 Å². The minimum Gasteiger partial charge on any atom is -0.359 e. The maximum absolute atomic E-state index is 5.92. The second-order valence-corrected chi connectivity index (χ2v) is 6.82. The summed E-state index contributed by atoms with van der Waals surface area (Å²) in [6.07, 6.45) is 9.13. The fourth-order valence-corrected chi connectivity index (χ4v) is 3.15. The molecular formula is C21H25ClN2. The molecule has 0 saturated carbocycles. The van der Waals surface area contributed by atoms with Crippen molar-refractivity contribution in [1.29, 1.82) is 0 Å². The molecule has 0 amide bonds. The van der Waals surface area contributed by atoms with E-state index in [1.165, 1.54) is 24.0 Å². The Balaban J connectivity index is 1.30. The molecule has 24 heavy (non-hydrogen) atoms. The van der Waals surface area contributed by atoms with Gasteiger partial charge < -0.3 is 9.80 Å². The van der Waals surface area contributed by atoms with Gasteiger partial charge in [-0.3, -0.25) is 0 Å². The van der Waals surface area contributed by atoms with Crippen molar-refractivity contribution in [3.8, 4) is 0 Å². The summed E-state index contributed by atoms with van der Waals surface area (Å²) in [5.41, 5.74) is 2.79. The van der Waals surface area contributed by atoms with Gasteiger partial charge in [0.25, 0.3) is 0 Å². The van der Waals surface area contributed by atoms with Crippen LogP contribution in [-0.4, -0.2) is 29.6 Å². The Morgan fingerprint density at radius 1 is 0.708 bits per heavy atom. The topological polar surface area (TPSA) is 6.48 Å². The number of rotatable bonds is 8. The third-order valence-electron chi connectivity index (χ3n) is 4.46. The van der Waals surface area contributed by atoms with Crippen LogP contribution in [0.1, 0.15) is 24.0 Å². The molecule has 1 aliphatic heterocycles. The fraction of sp³-hybridized carbons (Fsp3) is 0.333. The fourth-order valence-electron chi connectivity index (χ4n) is 3.02. The lowest BCUT2D eigenvalue weighted by atomic mass is 10.1. The number of hydrogen-bond donors (Lipinski definition) is 0. The van der Waals surface area contributed by atoms with E-state index >= 15 is 0 Å². The van der Waals surface area contributed by atoms with Gasteiger partial charge in [-0.1, -0.05) is 54.1 Å². The highest BCUT2D eigenvalue weighted by Crippen LogP contribution is 2.13. The summed E-state index contributed by atoms with van der Waals surface area (Å²) in [6, 6.07) is 18.9. The summed E-state index contributed by atoms with van der Waals surface area (Å²) >= 11 is 5.92. The second kappa shape index (κ2) is 8.79. The van der Waals surface area contributed by atoms with E-state index in [0.29, 0.717) is 0 Å². The van der Waals surface area contributed by atoms with E-state index in [4.69, 9.17) is 11.6 Å². The van der Waals surface area contributed by atoms with Crippen LogP contribution in [0.5, 0.6) is 0 Å². The lowest BCUT2D eigenvalue weighted by Gasteiger charge is -2.21. The zero-order valence-electron chi connectivity index (χ0n) is 14.1. The quantitative estimate of drug-likeness (QED) is 0.627. The minimum atomic E-state index is 0.816. The van der Waals surface area contributed by atoms with E-state index in [9.17, 15) is 0 Å². The van der Waals surface area contributed by atoms with E-state index in [1.807, 2.05) is 12.1 Å². The molecule has 126 valence electrons. The van der Waals surface area contributed by atoms with E-state index in [2.05, 4.69) is 64.7 Å². The maximum atomic E-state index is 5.92. The van der Waals surface area contributed by atoms with E-state index in [1.54, 1.807) is 0 Å². The Morgan fingerprint density at radius 2 is 1.38 bits per heavy atom. The first kappa shape index (κ1) is 16.9. The predicted molar refractivity (Wildman–Crippen MR) is 102 cm³/mol. The summed E-state index contributed by atoms with van der Waals surface area (Å²) in [6.45, 7) is 3.24. The number of benzene rings is 2. The van der Waals surface area contributed by atoms with Crippen LogP contribution in [-0.2, 0) is 12.8 Å². The molecule has 0 radical (unpaired) electrons. The molecule has 0 N–H and O–H groups in total. The predicted octanol–water partition coefficient (Wildman–Crippen LogP) is 4.95. The Kier molecular flexibility index (Phi) is 6.20. The molecule has 2 aromatic carbocycles. The third-order valence-corrected chi connectivity index (χ3v) is 4.71. The van der Waals surface area contributed by atoms with Crippen LogP contribution in [0, 0.1) is 0 Å². The minimum absolute atomic E-state index is 0.816. The normalized spacial score (nSPS) is 13.7. The average Bonchev–Trinajstić information content (AvgIpc) is 3.07. The van der Waals surface area contributed by atoms with Crippen molar-refractivity contribution in [2.24, 2.45) is 0 Å². The molecule has 0 spiro atoms. The molecule has 2 nitrogen and oxygen atoms in total. The van der Waals surface area contributed by atoms with Crippen LogP contribution < -0.4 is 0 Å². The molecule has 1 aliphatic rings. The Labute approximate surface area is 150 Å². The number of halogens is 1. The molecule has 0 unspecified atom stereocenters. The first-order valence-corrected chi connectivity index (χ1v) is 9.12. The van der Waals surface area contributed by atoms with E-state index in [-0.39, 0.29) is 0 Å². The maximum Gasteiger partial charge on any atom is 0.0893 e. The van der Waals surface area contributed by atoms with Crippen LogP contribution in [0.3, 0.4) is 0 Å². The molecule has 0 aliphatic carbocycles. The molecule has 0 fully saturated rings. The number of aryl methyl sites for hydroxylation is 1. The highest BCUT2D eigenvalue weighted by atomic mass is 35.5. The molecule has 0 saturated heterocycles. The summed E-state index contributed by atoms with van der Waals surface area (Å²) in [5.74, 6) is 0. The summed E-state index contributed by atoms with van der Waals surface area (Å²) in [7, 11) is 0. The van der Waals surface area contributed by atoms with Gasteiger partial charge in [-0.05, 0) is 48.9 Å². The molecule has 0 atom stereocenters. The van der Waals surface area contributed by atoms with Crippen molar-refractivity contribution >= 4 is 11.6 Å². The summed E-state index contributed by atoms with van der Waals surface area (Å²) < 4.78 is 0. The van der Waals surface area contributed by atoms with Gasteiger partial charge in [0, 0.05) is 30.5 Å². The monoisotopic (exact) mass is 340 g/mol. The molecular weight excluding hydrogens is 316 g/mol. The zero-order valence-corrected chi connectivity index (χ0v) is 14.8. The van der Waals surface area contributed by atoms with Crippen molar-refractivity contribution in [3.63, 3.8) is 0 Å². The van der Waals surface area contributed by atoms with Gasteiger partial charge in [0.05, 0.1) is 6.67 Å². The summed E-state index contributed by atoms with van der Waals surface area (Å²) in [4.78, 5) is 4.80. The Bertz CT molecular complexity index is 637. The van der Waals surface area contributed by atoms with Crippen LogP contribution in [0.25, 0.3) is 0 Å². The third kappa shape index (κ3) is 5.31. The lowest BCUT2D eigenvalue weighted by molar-refractivity contribution is 0.263. The zero-order chi connectivity index (χ0) is 16.6. The van der Waals surface area contributed by atoms with Gasteiger partial charge in [-0.15, -0.1) is 0 Å². The average molecular weight is 341 g/mol. The standard InChI is InChI=1S/C21H25ClN2/c22-21-11-9-20(10-12-21)8-4-5-14-23-16-17-24(18-23)15-13-19-6-2-1-3-7-19/h1-3,6-7,9-12,16-17H,4-5,8,13-15,18H2. The van der Waals surface area contributed by atoms with Gasteiger partial charge in [-0.2, -0.15) is 0 Å². The number of hydrogen-bond acceptors (Lipinski definition) is 2. The van der Waals surface area contributed by atoms with Crippen molar-refractivity contribution < 1.29 is 0 Å². The van der Waals surface area contributed by atoms with E-state index in [0.717, 1.165) is 37.6 Å². The van der Waals surface area contributed by atoms with Crippen LogP contribution >= 0.6 is 11.6 Å². The smallest absolute Gasteiger partial charge is 0.0893 e. The molecule has 2 aromatic rings. The SMILES string of the molecule is Clc1ccc(CCCCN2C=CN(CCc3ccccc3)C2)cc1. The highest BCUT2D eigenvalue weighted by Gasteiger charge is 2.11. The first-order chi connectivity index (χ1) is 11.8. The Hall–Kier alpha value is -1.93. The summed E-state index contributed by atoms with van der Waals surface area (Å²) in [5, 5.41) is 0.816. The van der Waals surface area contributed by atoms with Gasteiger partial charge >= 0.3 is 0 Å². The Morgan fingerprint density at radius 3 is 2.12 bits per heavy atom. The highest BCUT2D eigenvalue weighted by molar-refractivity contribution is 6.30. The lowest BCUT2D eigenvalue weighted by Crippen LogP contribution is -2.27. The van der Waals surface area contributed by atoms with Crippen molar-refractivity contribution in [3.05, 3.63) is 83.1 Å². The van der Waals surface area contributed by atoms with Gasteiger partial charge in [0.1, 0.15) is 0 Å². The second-order valence-electron chi connectivity index (χ2n) is 6.38. The molecule has 3 rings (SSSR count). The number of nitrogens with zero attached hydrogens (tertiary/aromatic N) is 2. The van der Waals surface area contributed by atoms with Gasteiger partial charge in [-0.25, -0.2) is 0 Å². The largest absolute Gasteiger partial charge is 0.359 e. The van der Waals surface area contributed by atoms with Crippen LogP contribution in [0.4, 0.5) is 0 Å². The first-order valence-electron chi connectivity index (χ1n) is 8.74. The molecule has 0 aromatic heterocycles. The van der Waals surface area contributed by atoms with Gasteiger partial charge in [0.2, 0.25) is 0 Å².